The van der Waals surface area contributed by atoms with Crippen molar-refractivity contribution < 1.29 is 4.42 Å². The van der Waals surface area contributed by atoms with Gasteiger partial charge >= 0.3 is 0 Å². The molecule has 0 amide bonds. The van der Waals surface area contributed by atoms with Crippen molar-refractivity contribution in [1.29, 1.82) is 0 Å². The molecule has 5 heteroatoms. The molecule has 6 aromatic carbocycles. The number of nitrogens with zero attached hydrogens (tertiary/aromatic N) is 2. The number of furan rings is 1. The molecule has 0 spiro atoms. The SMILES string of the molecule is C/C=C\c1c(N)oc2cc(-c3ccc4c5c(cccc35)-c3ccccc3-4)cc(C3N=C(c4ccccc4)NC(c4ccccc4)=N3)c12. The van der Waals surface area contributed by atoms with Gasteiger partial charge in [-0.3, -0.25) is 0 Å². The average Bonchev–Trinajstić information content (AvgIpc) is 3.63. The molecule has 0 fully saturated rings. The van der Waals surface area contributed by atoms with E-state index < -0.39 is 6.17 Å². The lowest BCUT2D eigenvalue weighted by Crippen LogP contribution is -2.36. The predicted molar refractivity (Wildman–Crippen MR) is 195 cm³/mol. The summed E-state index contributed by atoms with van der Waals surface area (Å²) in [6, 6.07) is 44.4. The Morgan fingerprint density at radius 2 is 1.21 bits per heavy atom. The van der Waals surface area contributed by atoms with Crippen molar-refractivity contribution in [2.45, 2.75) is 13.1 Å². The lowest BCUT2D eigenvalue weighted by Gasteiger charge is -2.23. The van der Waals surface area contributed by atoms with Gasteiger partial charge in [-0.25, -0.2) is 9.98 Å². The maximum Gasteiger partial charge on any atom is 0.198 e. The number of allylic oxidation sites excluding steroid dienone is 1. The van der Waals surface area contributed by atoms with Crippen LogP contribution in [-0.2, 0) is 0 Å². The fourth-order valence-corrected chi connectivity index (χ4v) is 7.13. The van der Waals surface area contributed by atoms with Crippen molar-refractivity contribution in [3.63, 3.8) is 0 Å². The maximum atomic E-state index is 6.55. The summed E-state index contributed by atoms with van der Waals surface area (Å²) in [4.78, 5) is 10.5. The molecule has 47 heavy (non-hydrogen) atoms. The Labute approximate surface area is 272 Å². The summed E-state index contributed by atoms with van der Waals surface area (Å²) in [6.45, 7) is 1.99. The minimum Gasteiger partial charge on any atom is -0.440 e. The lowest BCUT2D eigenvalue weighted by atomic mass is 9.91. The van der Waals surface area contributed by atoms with Gasteiger partial charge < -0.3 is 15.5 Å². The first kappa shape index (κ1) is 27.1. The second-order valence-electron chi connectivity index (χ2n) is 11.9. The molecular formula is C42H30N4O. The van der Waals surface area contributed by atoms with Crippen molar-refractivity contribution in [3.8, 4) is 33.4 Å². The summed E-state index contributed by atoms with van der Waals surface area (Å²) in [5.41, 5.74) is 18.2. The summed E-state index contributed by atoms with van der Waals surface area (Å²) >= 11 is 0. The molecule has 7 aromatic rings. The zero-order valence-electron chi connectivity index (χ0n) is 25.7. The number of nitrogens with two attached hydrogens (primary N) is 1. The number of benzene rings is 6. The highest BCUT2D eigenvalue weighted by Crippen LogP contribution is 2.50. The number of hydrogen-bond donors (Lipinski definition) is 2. The smallest absolute Gasteiger partial charge is 0.198 e. The number of fused-ring (bicyclic) bond motifs is 4. The molecule has 0 radical (unpaired) electrons. The van der Waals surface area contributed by atoms with Crippen LogP contribution in [0.2, 0.25) is 0 Å². The van der Waals surface area contributed by atoms with Gasteiger partial charge in [-0.05, 0) is 63.2 Å². The van der Waals surface area contributed by atoms with Crippen molar-refractivity contribution in [1.82, 2.24) is 5.32 Å². The third-order valence-corrected chi connectivity index (χ3v) is 9.19. The number of aliphatic imine (C=N–C) groups is 2. The molecule has 0 saturated heterocycles. The Morgan fingerprint density at radius 1 is 0.617 bits per heavy atom. The highest BCUT2D eigenvalue weighted by atomic mass is 16.3. The molecule has 3 N–H and O–H groups in total. The minimum absolute atomic E-state index is 0.376. The van der Waals surface area contributed by atoms with E-state index in [1.165, 1.54) is 33.0 Å². The van der Waals surface area contributed by atoms with Crippen LogP contribution in [-0.4, -0.2) is 11.7 Å². The second kappa shape index (κ2) is 10.7. The van der Waals surface area contributed by atoms with Crippen LogP contribution in [0.4, 0.5) is 5.88 Å². The van der Waals surface area contributed by atoms with Crippen LogP contribution in [0.3, 0.4) is 0 Å². The fourth-order valence-electron chi connectivity index (χ4n) is 7.13. The number of anilines is 1. The first-order chi connectivity index (χ1) is 23.2. The standard InChI is InChI=1S/C42H30N4O/c1-2-12-34-38-35(42-45-40(25-13-5-3-6-14-25)44-41(46-42)26-15-7-4-8-16-26)23-27(24-36(38)47-39(34)43)28-21-22-33-30-18-10-9-17-29(30)32-20-11-19-31(28)37(32)33/h2-24,42H,43H2,1H3,(H,44,45,46)/b12-2-. The Balaban J connectivity index is 1.31. The van der Waals surface area contributed by atoms with Crippen LogP contribution in [0.25, 0.3) is 61.2 Å². The summed E-state index contributed by atoms with van der Waals surface area (Å²) in [6.07, 6.45) is 3.44. The molecule has 0 unspecified atom stereocenters. The minimum atomic E-state index is -0.550. The van der Waals surface area contributed by atoms with Gasteiger partial charge in [0.2, 0.25) is 0 Å². The van der Waals surface area contributed by atoms with Crippen molar-refractivity contribution in [2.75, 3.05) is 5.73 Å². The van der Waals surface area contributed by atoms with Gasteiger partial charge in [-0.2, -0.15) is 0 Å². The molecule has 1 aliphatic carbocycles. The number of rotatable bonds is 5. The van der Waals surface area contributed by atoms with Gasteiger partial charge in [0.25, 0.3) is 0 Å². The Kier molecular flexibility index (Phi) is 6.18. The van der Waals surface area contributed by atoms with Crippen LogP contribution in [0.5, 0.6) is 0 Å². The molecule has 1 aliphatic heterocycles. The molecule has 5 nitrogen and oxygen atoms in total. The Hall–Kier alpha value is -6.20. The first-order valence-corrected chi connectivity index (χ1v) is 15.9. The highest BCUT2D eigenvalue weighted by molar-refractivity contribution is 6.19. The van der Waals surface area contributed by atoms with Gasteiger partial charge in [0.15, 0.2) is 12.0 Å². The van der Waals surface area contributed by atoms with Gasteiger partial charge in [-0.15, -0.1) is 0 Å². The molecule has 1 aromatic heterocycles. The zero-order chi connectivity index (χ0) is 31.5. The third-order valence-electron chi connectivity index (χ3n) is 9.19. The van der Waals surface area contributed by atoms with E-state index in [4.69, 9.17) is 20.1 Å². The van der Waals surface area contributed by atoms with Gasteiger partial charge in [0.05, 0.1) is 0 Å². The number of amidine groups is 2. The van der Waals surface area contributed by atoms with Crippen LogP contribution >= 0.6 is 0 Å². The molecule has 0 bridgehead atoms. The largest absolute Gasteiger partial charge is 0.440 e. The molecule has 0 saturated carbocycles. The van der Waals surface area contributed by atoms with Crippen molar-refractivity contribution >= 4 is 45.4 Å². The van der Waals surface area contributed by atoms with E-state index in [9.17, 15) is 0 Å². The summed E-state index contributed by atoms with van der Waals surface area (Å²) < 4.78 is 6.30. The van der Waals surface area contributed by atoms with Gasteiger partial charge in [-0.1, -0.05) is 127 Å². The Morgan fingerprint density at radius 3 is 1.87 bits per heavy atom. The van der Waals surface area contributed by atoms with E-state index in [-0.39, 0.29) is 0 Å². The molecule has 2 aliphatic rings. The monoisotopic (exact) mass is 606 g/mol. The topological polar surface area (TPSA) is 75.9 Å². The molecule has 9 rings (SSSR count). The third kappa shape index (κ3) is 4.32. The molecule has 224 valence electrons. The fraction of sp³-hybridized carbons (Fsp3) is 0.0476. The van der Waals surface area contributed by atoms with Gasteiger partial charge in [0, 0.05) is 27.6 Å². The normalized spacial score (nSPS) is 14.0. The molecular weight excluding hydrogens is 576 g/mol. The van der Waals surface area contributed by atoms with Crippen LogP contribution in [0, 0.1) is 0 Å². The lowest BCUT2D eigenvalue weighted by molar-refractivity contribution is 0.636. The van der Waals surface area contributed by atoms with Gasteiger partial charge in [0.1, 0.15) is 17.3 Å². The number of nitrogens with one attached hydrogen (secondary N) is 1. The quantitative estimate of drug-likeness (QED) is 0.205. The van der Waals surface area contributed by atoms with E-state index in [2.05, 4.69) is 96.3 Å². The predicted octanol–water partition coefficient (Wildman–Crippen LogP) is 10.0. The summed E-state index contributed by atoms with van der Waals surface area (Å²) in [5, 5.41) is 6.91. The van der Waals surface area contributed by atoms with Crippen molar-refractivity contribution in [3.05, 3.63) is 156 Å². The Bertz CT molecular complexity index is 2370. The number of hydrogen-bond acceptors (Lipinski definition) is 5. The summed E-state index contributed by atoms with van der Waals surface area (Å²) in [5.74, 6) is 1.89. The van der Waals surface area contributed by atoms with E-state index in [1.807, 2.05) is 55.5 Å². The molecule has 2 heterocycles. The average molecular weight is 607 g/mol. The molecule has 0 atom stereocenters. The van der Waals surface area contributed by atoms with E-state index in [0.29, 0.717) is 11.5 Å². The van der Waals surface area contributed by atoms with Crippen LogP contribution in [0.15, 0.2) is 148 Å². The number of nitrogen functional groups attached to an aromatic ring is 1. The first-order valence-electron chi connectivity index (χ1n) is 15.9. The van der Waals surface area contributed by atoms with Crippen molar-refractivity contribution in [2.24, 2.45) is 9.98 Å². The second-order valence-corrected chi connectivity index (χ2v) is 11.9. The van der Waals surface area contributed by atoms with Crippen LogP contribution < -0.4 is 11.1 Å². The van der Waals surface area contributed by atoms with E-state index >= 15 is 0 Å². The maximum absolute atomic E-state index is 6.55. The summed E-state index contributed by atoms with van der Waals surface area (Å²) in [7, 11) is 0. The zero-order valence-corrected chi connectivity index (χ0v) is 25.7. The van der Waals surface area contributed by atoms with E-state index in [0.717, 1.165) is 50.4 Å². The van der Waals surface area contributed by atoms with Crippen LogP contribution in [0.1, 0.15) is 35.3 Å². The highest BCUT2D eigenvalue weighted by Gasteiger charge is 2.27. The van der Waals surface area contributed by atoms with E-state index in [1.54, 1.807) is 0 Å².